The Hall–Kier alpha value is -1.95. The molecular weight excluding hydrogens is 366 g/mol. The number of benzene rings is 1. The maximum absolute atomic E-state index is 4.48. The third kappa shape index (κ3) is 4.77. The van der Waals surface area contributed by atoms with E-state index in [0.717, 1.165) is 23.1 Å². The summed E-state index contributed by atoms with van der Waals surface area (Å²) in [5.41, 5.74) is 3.69. The summed E-state index contributed by atoms with van der Waals surface area (Å²) in [5, 5.41) is 14.6. The molecule has 0 saturated carbocycles. The summed E-state index contributed by atoms with van der Waals surface area (Å²) in [6, 6.07) is 6.08. The van der Waals surface area contributed by atoms with E-state index in [2.05, 4.69) is 60.8 Å². The van der Waals surface area contributed by atoms with Crippen LogP contribution in [-0.2, 0) is 0 Å². The summed E-state index contributed by atoms with van der Waals surface area (Å²) in [6.45, 7) is 2.90. The molecular formula is C18H22BrN5. The van der Waals surface area contributed by atoms with Crippen LogP contribution in [0.25, 0.3) is 0 Å². The van der Waals surface area contributed by atoms with Crippen molar-refractivity contribution in [1.29, 1.82) is 0 Å². The molecule has 0 amide bonds. The van der Waals surface area contributed by atoms with E-state index in [1.165, 1.54) is 31.2 Å². The van der Waals surface area contributed by atoms with Crippen molar-refractivity contribution in [3.63, 3.8) is 0 Å². The number of allylic oxidation sites excluding steroid dienone is 1. The molecule has 0 unspecified atom stereocenters. The Morgan fingerprint density at radius 1 is 1.25 bits per heavy atom. The van der Waals surface area contributed by atoms with Crippen molar-refractivity contribution in [2.75, 3.05) is 17.2 Å². The standard InChI is InChI=1S/C18H22BrN5/c1-13-11-15(7-8-16(13)19)22-17-12-21-24-18(23-17)20-10-9-14-5-3-2-4-6-14/h5,7-8,11-12H,2-4,6,9-10H2,1H3,(H2,20,22,23,24). The van der Waals surface area contributed by atoms with Crippen LogP contribution in [0.1, 0.15) is 37.7 Å². The molecule has 1 aliphatic rings. The largest absolute Gasteiger partial charge is 0.353 e. The molecule has 0 spiro atoms. The molecule has 3 rings (SSSR count). The molecule has 0 bridgehead atoms. The van der Waals surface area contributed by atoms with Gasteiger partial charge in [-0.25, -0.2) is 0 Å². The summed E-state index contributed by atoms with van der Waals surface area (Å²) < 4.78 is 1.09. The molecule has 2 aromatic rings. The fourth-order valence-corrected chi connectivity index (χ4v) is 3.02. The normalized spacial score (nSPS) is 14.2. The van der Waals surface area contributed by atoms with E-state index in [0.29, 0.717) is 11.8 Å². The maximum Gasteiger partial charge on any atom is 0.244 e. The fourth-order valence-electron chi connectivity index (χ4n) is 2.78. The Morgan fingerprint density at radius 2 is 2.17 bits per heavy atom. The maximum atomic E-state index is 4.48. The molecule has 0 radical (unpaired) electrons. The number of hydrogen-bond acceptors (Lipinski definition) is 5. The molecule has 1 aromatic heterocycles. The summed E-state index contributed by atoms with van der Waals surface area (Å²) in [6.07, 6.45) is 10.1. The zero-order valence-electron chi connectivity index (χ0n) is 13.8. The van der Waals surface area contributed by atoms with Crippen LogP contribution >= 0.6 is 15.9 Å². The monoisotopic (exact) mass is 387 g/mol. The predicted molar refractivity (Wildman–Crippen MR) is 102 cm³/mol. The highest BCUT2D eigenvalue weighted by Gasteiger charge is 2.05. The van der Waals surface area contributed by atoms with Gasteiger partial charge in [-0.15, -0.1) is 5.10 Å². The fraction of sp³-hybridized carbons (Fsp3) is 0.389. The molecule has 6 heteroatoms. The van der Waals surface area contributed by atoms with Crippen molar-refractivity contribution in [1.82, 2.24) is 15.2 Å². The van der Waals surface area contributed by atoms with E-state index in [1.807, 2.05) is 12.1 Å². The highest BCUT2D eigenvalue weighted by atomic mass is 79.9. The second-order valence-corrected chi connectivity index (χ2v) is 6.89. The van der Waals surface area contributed by atoms with E-state index in [1.54, 1.807) is 11.8 Å². The lowest BCUT2D eigenvalue weighted by atomic mass is 9.97. The molecule has 126 valence electrons. The van der Waals surface area contributed by atoms with Gasteiger partial charge >= 0.3 is 0 Å². The molecule has 24 heavy (non-hydrogen) atoms. The Kier molecular flexibility index (Phi) is 5.80. The van der Waals surface area contributed by atoms with Gasteiger partial charge in [-0.05, 0) is 62.8 Å². The van der Waals surface area contributed by atoms with Gasteiger partial charge in [-0.3, -0.25) is 0 Å². The number of nitrogens with zero attached hydrogens (tertiary/aromatic N) is 3. The predicted octanol–water partition coefficient (Wildman–Crippen LogP) is 4.99. The van der Waals surface area contributed by atoms with Crippen molar-refractivity contribution in [2.45, 2.75) is 39.0 Å². The number of hydrogen-bond donors (Lipinski definition) is 2. The first-order chi connectivity index (χ1) is 11.7. The average molecular weight is 388 g/mol. The van der Waals surface area contributed by atoms with Crippen LogP contribution in [0.15, 0.2) is 40.5 Å². The summed E-state index contributed by atoms with van der Waals surface area (Å²) >= 11 is 3.51. The van der Waals surface area contributed by atoms with E-state index < -0.39 is 0 Å². The van der Waals surface area contributed by atoms with Crippen LogP contribution < -0.4 is 10.6 Å². The summed E-state index contributed by atoms with van der Waals surface area (Å²) in [5.74, 6) is 1.25. The molecule has 2 N–H and O–H groups in total. The van der Waals surface area contributed by atoms with Crippen molar-refractivity contribution in [3.05, 3.63) is 46.1 Å². The van der Waals surface area contributed by atoms with Gasteiger partial charge in [0.15, 0.2) is 5.82 Å². The smallest absolute Gasteiger partial charge is 0.244 e. The topological polar surface area (TPSA) is 62.7 Å². The quantitative estimate of drug-likeness (QED) is 0.683. The minimum atomic E-state index is 0.560. The molecule has 1 aromatic carbocycles. The van der Waals surface area contributed by atoms with E-state index in [4.69, 9.17) is 0 Å². The second kappa shape index (κ2) is 8.24. The van der Waals surface area contributed by atoms with Gasteiger partial charge in [0, 0.05) is 16.7 Å². The van der Waals surface area contributed by atoms with E-state index >= 15 is 0 Å². The Morgan fingerprint density at radius 3 is 2.96 bits per heavy atom. The molecule has 1 aliphatic carbocycles. The number of halogens is 1. The van der Waals surface area contributed by atoms with Gasteiger partial charge in [0.25, 0.3) is 0 Å². The van der Waals surface area contributed by atoms with Gasteiger partial charge in [0.05, 0.1) is 6.20 Å². The minimum Gasteiger partial charge on any atom is -0.353 e. The number of anilines is 3. The number of nitrogens with one attached hydrogen (secondary N) is 2. The number of rotatable bonds is 6. The molecule has 0 aliphatic heterocycles. The zero-order valence-corrected chi connectivity index (χ0v) is 15.4. The lowest BCUT2D eigenvalue weighted by molar-refractivity contribution is 0.679. The summed E-state index contributed by atoms with van der Waals surface area (Å²) in [7, 11) is 0. The minimum absolute atomic E-state index is 0.560. The van der Waals surface area contributed by atoms with Gasteiger partial charge < -0.3 is 10.6 Å². The molecule has 1 heterocycles. The lowest BCUT2D eigenvalue weighted by Gasteiger charge is -2.13. The first kappa shape index (κ1) is 16.9. The Labute approximate surface area is 151 Å². The molecule has 0 saturated heterocycles. The first-order valence-electron chi connectivity index (χ1n) is 8.35. The van der Waals surface area contributed by atoms with Crippen LogP contribution in [0.2, 0.25) is 0 Å². The second-order valence-electron chi connectivity index (χ2n) is 6.04. The highest BCUT2D eigenvalue weighted by molar-refractivity contribution is 9.10. The molecule has 0 fully saturated rings. The van der Waals surface area contributed by atoms with Gasteiger partial charge in [-0.1, -0.05) is 27.6 Å². The van der Waals surface area contributed by atoms with Gasteiger partial charge in [0.1, 0.15) is 0 Å². The van der Waals surface area contributed by atoms with Crippen LogP contribution in [0.5, 0.6) is 0 Å². The van der Waals surface area contributed by atoms with Crippen molar-refractivity contribution in [3.8, 4) is 0 Å². The van der Waals surface area contributed by atoms with Gasteiger partial charge in [-0.2, -0.15) is 10.1 Å². The van der Waals surface area contributed by atoms with Gasteiger partial charge in [0.2, 0.25) is 5.95 Å². The highest BCUT2D eigenvalue weighted by Crippen LogP contribution is 2.22. The zero-order chi connectivity index (χ0) is 16.8. The average Bonchev–Trinajstić information content (AvgIpc) is 2.60. The van der Waals surface area contributed by atoms with Crippen LogP contribution in [-0.4, -0.2) is 21.7 Å². The summed E-state index contributed by atoms with van der Waals surface area (Å²) in [4.78, 5) is 4.48. The Balaban J connectivity index is 1.57. The van der Waals surface area contributed by atoms with Crippen molar-refractivity contribution in [2.24, 2.45) is 0 Å². The number of aromatic nitrogens is 3. The van der Waals surface area contributed by atoms with E-state index in [-0.39, 0.29) is 0 Å². The first-order valence-corrected chi connectivity index (χ1v) is 9.15. The van der Waals surface area contributed by atoms with Crippen molar-refractivity contribution >= 4 is 33.4 Å². The van der Waals surface area contributed by atoms with E-state index in [9.17, 15) is 0 Å². The third-order valence-electron chi connectivity index (χ3n) is 4.10. The number of aryl methyl sites for hydroxylation is 1. The SMILES string of the molecule is Cc1cc(Nc2cnnc(NCCC3=CCCCC3)n2)ccc1Br. The Bertz CT molecular complexity index is 729. The third-order valence-corrected chi connectivity index (χ3v) is 4.99. The molecule has 0 atom stereocenters. The van der Waals surface area contributed by atoms with Crippen molar-refractivity contribution < 1.29 is 0 Å². The van der Waals surface area contributed by atoms with Crippen LogP contribution in [0, 0.1) is 6.92 Å². The molecule has 5 nitrogen and oxygen atoms in total. The van der Waals surface area contributed by atoms with Crippen LogP contribution in [0.4, 0.5) is 17.5 Å². The van der Waals surface area contributed by atoms with Crippen LogP contribution in [0.3, 0.4) is 0 Å². The lowest BCUT2D eigenvalue weighted by Crippen LogP contribution is -2.09.